The van der Waals surface area contributed by atoms with Crippen LogP contribution < -0.4 is 21.1 Å². The number of hydrogen-bond acceptors (Lipinski definition) is 5. The van der Waals surface area contributed by atoms with Crippen LogP contribution in [0, 0.1) is 5.92 Å². The first kappa shape index (κ1) is 16.9. The number of nitrogen functional groups attached to an aromatic ring is 1. The lowest BCUT2D eigenvalue weighted by Crippen LogP contribution is -2.51. The van der Waals surface area contributed by atoms with Crippen LogP contribution in [0.25, 0.3) is 0 Å². The van der Waals surface area contributed by atoms with E-state index >= 15 is 0 Å². The summed E-state index contributed by atoms with van der Waals surface area (Å²) in [5, 5.41) is 6.70. The molecule has 1 fully saturated rings. The average Bonchev–Trinajstić information content (AvgIpc) is 2.51. The topological polar surface area (TPSA) is 85.6 Å². The minimum absolute atomic E-state index is 0.0507. The van der Waals surface area contributed by atoms with Crippen LogP contribution in [0.4, 0.5) is 5.69 Å². The zero-order chi connectivity index (χ0) is 16.1. The van der Waals surface area contributed by atoms with E-state index in [0.717, 1.165) is 19.5 Å². The van der Waals surface area contributed by atoms with E-state index in [2.05, 4.69) is 10.6 Å². The van der Waals surface area contributed by atoms with Gasteiger partial charge in [0.1, 0.15) is 5.75 Å². The summed E-state index contributed by atoms with van der Waals surface area (Å²) >= 11 is 6.02. The minimum atomic E-state index is -0.216. The number of carbonyl (C=O) groups is 1. The van der Waals surface area contributed by atoms with E-state index in [-0.39, 0.29) is 17.9 Å². The summed E-state index contributed by atoms with van der Waals surface area (Å²) in [6.07, 6.45) is 0.852. The molecule has 0 spiro atoms. The molecule has 0 bridgehead atoms. The molecule has 122 valence electrons. The fraction of sp³-hybridized carbons (Fsp3) is 0.533. The highest BCUT2D eigenvalue weighted by atomic mass is 35.5. The maximum atomic E-state index is 12.6. The third-order valence-electron chi connectivity index (χ3n) is 3.87. The van der Waals surface area contributed by atoms with Gasteiger partial charge in [0, 0.05) is 31.7 Å². The van der Waals surface area contributed by atoms with Crippen molar-refractivity contribution >= 4 is 23.2 Å². The van der Waals surface area contributed by atoms with Gasteiger partial charge < -0.3 is 25.8 Å². The lowest BCUT2D eigenvalue weighted by Gasteiger charge is -2.32. The average molecular weight is 328 g/mol. The van der Waals surface area contributed by atoms with Gasteiger partial charge in [-0.15, -0.1) is 0 Å². The summed E-state index contributed by atoms with van der Waals surface area (Å²) in [4.78, 5) is 12.6. The van der Waals surface area contributed by atoms with E-state index in [1.807, 2.05) is 0 Å². The highest BCUT2D eigenvalue weighted by molar-refractivity contribution is 6.33. The Morgan fingerprint density at radius 2 is 2.27 bits per heavy atom. The Balaban J connectivity index is 2.15. The summed E-state index contributed by atoms with van der Waals surface area (Å²) < 4.78 is 10.5. The molecule has 0 unspecified atom stereocenters. The summed E-state index contributed by atoms with van der Waals surface area (Å²) in [5.74, 6) is 0.432. The first-order valence-corrected chi connectivity index (χ1v) is 7.58. The largest absolute Gasteiger partial charge is 0.496 e. The van der Waals surface area contributed by atoms with Gasteiger partial charge in [-0.05, 0) is 19.0 Å². The number of rotatable bonds is 5. The second kappa shape index (κ2) is 7.67. The minimum Gasteiger partial charge on any atom is -0.496 e. The van der Waals surface area contributed by atoms with Gasteiger partial charge in [0.2, 0.25) is 0 Å². The molecule has 1 aliphatic rings. The summed E-state index contributed by atoms with van der Waals surface area (Å²) in [5.41, 5.74) is 6.51. The molecule has 2 atom stereocenters. The van der Waals surface area contributed by atoms with Gasteiger partial charge >= 0.3 is 0 Å². The number of methoxy groups -OCH3 is 2. The zero-order valence-electron chi connectivity index (χ0n) is 12.8. The Morgan fingerprint density at radius 1 is 1.50 bits per heavy atom. The number of hydrogen-bond donors (Lipinski definition) is 3. The third kappa shape index (κ3) is 3.82. The quantitative estimate of drug-likeness (QED) is 0.709. The van der Waals surface area contributed by atoms with Crippen molar-refractivity contribution < 1.29 is 14.3 Å². The van der Waals surface area contributed by atoms with Crippen LogP contribution in [0.5, 0.6) is 5.75 Å². The summed E-state index contributed by atoms with van der Waals surface area (Å²) in [6, 6.07) is 3.15. The SMILES string of the molecule is COC[C@H]1CNCC[C@H]1NC(=O)c1cc(Cl)c(N)cc1OC. The van der Waals surface area contributed by atoms with E-state index in [9.17, 15) is 4.79 Å². The van der Waals surface area contributed by atoms with E-state index in [1.54, 1.807) is 13.2 Å². The Bertz CT molecular complexity index is 537. The van der Waals surface area contributed by atoms with Crippen molar-refractivity contribution in [3.63, 3.8) is 0 Å². The molecule has 2 rings (SSSR count). The first-order valence-electron chi connectivity index (χ1n) is 7.20. The van der Waals surface area contributed by atoms with Crippen LogP contribution in [0.1, 0.15) is 16.8 Å². The highest BCUT2D eigenvalue weighted by Crippen LogP contribution is 2.29. The van der Waals surface area contributed by atoms with Crippen molar-refractivity contribution in [2.45, 2.75) is 12.5 Å². The molecule has 1 aliphatic heterocycles. The standard InChI is InChI=1S/C15H22ClN3O3/c1-21-8-9-7-18-4-3-13(9)19-15(20)10-5-11(16)12(17)6-14(10)22-2/h5-6,9,13,18H,3-4,7-8,17H2,1-2H3,(H,19,20)/t9-,13-/m1/s1. The number of carbonyl (C=O) groups excluding carboxylic acids is 1. The van der Waals surface area contributed by atoms with Crippen molar-refractivity contribution in [1.82, 2.24) is 10.6 Å². The second-order valence-electron chi connectivity index (χ2n) is 5.36. The Morgan fingerprint density at radius 3 is 2.95 bits per heavy atom. The van der Waals surface area contributed by atoms with Crippen LogP contribution in [0.15, 0.2) is 12.1 Å². The maximum absolute atomic E-state index is 12.6. The number of amides is 1. The molecule has 0 aromatic heterocycles. The van der Waals surface area contributed by atoms with Crippen LogP contribution in [-0.2, 0) is 4.74 Å². The predicted molar refractivity (Wildman–Crippen MR) is 86.5 cm³/mol. The number of nitrogens with one attached hydrogen (secondary N) is 2. The zero-order valence-corrected chi connectivity index (χ0v) is 13.6. The number of piperidine rings is 1. The fourth-order valence-corrected chi connectivity index (χ4v) is 2.83. The van der Waals surface area contributed by atoms with Crippen LogP contribution >= 0.6 is 11.6 Å². The molecular formula is C15H22ClN3O3. The Labute approximate surface area is 135 Å². The second-order valence-corrected chi connectivity index (χ2v) is 5.77. The van der Waals surface area contributed by atoms with E-state index < -0.39 is 0 Å². The van der Waals surface area contributed by atoms with Crippen molar-refractivity contribution in [2.24, 2.45) is 5.92 Å². The normalized spacial score (nSPS) is 21.4. The van der Waals surface area contributed by atoms with E-state index in [1.165, 1.54) is 13.2 Å². The van der Waals surface area contributed by atoms with Crippen LogP contribution in [0.2, 0.25) is 5.02 Å². The molecule has 6 nitrogen and oxygen atoms in total. The van der Waals surface area contributed by atoms with Gasteiger partial charge in [-0.25, -0.2) is 0 Å². The lowest BCUT2D eigenvalue weighted by atomic mass is 9.93. The highest BCUT2D eigenvalue weighted by Gasteiger charge is 2.27. The molecule has 0 aliphatic carbocycles. The maximum Gasteiger partial charge on any atom is 0.255 e. The molecular weight excluding hydrogens is 306 g/mol. The molecule has 0 radical (unpaired) electrons. The smallest absolute Gasteiger partial charge is 0.255 e. The van der Waals surface area contributed by atoms with E-state index in [0.29, 0.717) is 28.6 Å². The van der Waals surface area contributed by atoms with Gasteiger partial charge in [-0.1, -0.05) is 11.6 Å². The Hall–Kier alpha value is -1.50. The molecule has 4 N–H and O–H groups in total. The molecule has 22 heavy (non-hydrogen) atoms. The van der Waals surface area contributed by atoms with Gasteiger partial charge in [-0.2, -0.15) is 0 Å². The van der Waals surface area contributed by atoms with Gasteiger partial charge in [0.05, 0.1) is 30.0 Å². The van der Waals surface area contributed by atoms with Gasteiger partial charge in [0.15, 0.2) is 0 Å². The number of halogens is 1. The number of anilines is 1. The molecule has 1 aromatic rings. The molecule has 1 heterocycles. The van der Waals surface area contributed by atoms with E-state index in [4.69, 9.17) is 26.8 Å². The molecule has 1 aromatic carbocycles. The van der Waals surface area contributed by atoms with Crippen molar-refractivity contribution in [3.05, 3.63) is 22.7 Å². The molecule has 7 heteroatoms. The van der Waals surface area contributed by atoms with Crippen LogP contribution in [-0.4, -0.2) is 45.9 Å². The predicted octanol–water partition coefficient (Wildman–Crippen LogP) is 1.29. The molecule has 1 amide bonds. The third-order valence-corrected chi connectivity index (χ3v) is 4.20. The molecule has 1 saturated heterocycles. The monoisotopic (exact) mass is 327 g/mol. The fourth-order valence-electron chi connectivity index (χ4n) is 2.66. The lowest BCUT2D eigenvalue weighted by molar-refractivity contribution is 0.0837. The number of nitrogens with two attached hydrogens (primary N) is 1. The summed E-state index contributed by atoms with van der Waals surface area (Å²) in [7, 11) is 3.16. The van der Waals surface area contributed by atoms with Crippen molar-refractivity contribution in [3.8, 4) is 5.75 Å². The van der Waals surface area contributed by atoms with Gasteiger partial charge in [-0.3, -0.25) is 4.79 Å². The van der Waals surface area contributed by atoms with Gasteiger partial charge in [0.25, 0.3) is 5.91 Å². The Kier molecular flexibility index (Phi) is 5.88. The number of benzene rings is 1. The van der Waals surface area contributed by atoms with Crippen LogP contribution in [0.3, 0.4) is 0 Å². The first-order chi connectivity index (χ1) is 10.6. The molecule has 0 saturated carbocycles. The van der Waals surface area contributed by atoms with Crippen molar-refractivity contribution in [1.29, 1.82) is 0 Å². The number of ether oxygens (including phenoxy) is 2. The van der Waals surface area contributed by atoms with Crippen molar-refractivity contribution in [2.75, 3.05) is 39.6 Å². The summed E-state index contributed by atoms with van der Waals surface area (Å²) in [6.45, 7) is 2.28.